The van der Waals surface area contributed by atoms with Gasteiger partial charge < -0.3 is 20.6 Å². The molecule has 5 heteroatoms. The lowest BCUT2D eigenvalue weighted by Gasteiger charge is -2.47. The summed E-state index contributed by atoms with van der Waals surface area (Å²) >= 11 is 0. The highest BCUT2D eigenvalue weighted by molar-refractivity contribution is 5.88. The maximum absolute atomic E-state index is 13.8. The van der Waals surface area contributed by atoms with Gasteiger partial charge in [0.05, 0.1) is 18.1 Å². The fourth-order valence-electron chi connectivity index (χ4n) is 6.48. The monoisotopic (exact) mass is 451 g/mol. The molecular formula is C28H37NO4. The van der Waals surface area contributed by atoms with E-state index in [1.54, 1.807) is 12.1 Å². The number of carbonyl (C=O) groups excluding carboxylic acids is 1. The van der Waals surface area contributed by atoms with E-state index in [9.17, 15) is 20.1 Å². The number of hydrogen-bond acceptors (Lipinski definition) is 4. The van der Waals surface area contributed by atoms with E-state index in [0.717, 1.165) is 24.0 Å². The number of phenols is 1. The molecule has 2 aliphatic carbocycles. The van der Waals surface area contributed by atoms with Gasteiger partial charge >= 0.3 is 0 Å². The molecular weight excluding hydrogens is 414 g/mol. The van der Waals surface area contributed by atoms with Gasteiger partial charge in [0, 0.05) is 17.9 Å². The van der Waals surface area contributed by atoms with Gasteiger partial charge in [0.15, 0.2) is 0 Å². The number of aromatic hydroxyl groups is 1. The molecule has 0 bridgehead atoms. The van der Waals surface area contributed by atoms with E-state index < -0.39 is 11.5 Å². The average molecular weight is 452 g/mol. The summed E-state index contributed by atoms with van der Waals surface area (Å²) in [6, 6.07) is 6.87. The normalized spacial score (nSPS) is 40.6. The first-order valence-electron chi connectivity index (χ1n) is 12.2. The number of phenolic OH excluding ortho intramolecular Hbond substituents is 1. The summed E-state index contributed by atoms with van der Waals surface area (Å²) in [5, 5.41) is 34.7. The van der Waals surface area contributed by atoms with Crippen molar-refractivity contribution in [3.05, 3.63) is 65.8 Å². The first-order valence-corrected chi connectivity index (χ1v) is 12.2. The molecule has 33 heavy (non-hydrogen) atoms. The van der Waals surface area contributed by atoms with Gasteiger partial charge in [-0.3, -0.25) is 4.79 Å². The van der Waals surface area contributed by atoms with Gasteiger partial charge in [-0.25, -0.2) is 0 Å². The number of carbonyl (C=O) groups is 1. The van der Waals surface area contributed by atoms with E-state index in [2.05, 4.69) is 44.3 Å². The number of nitrogens with one attached hydrogen (secondary N) is 1. The Labute approximate surface area is 196 Å². The van der Waals surface area contributed by atoms with Crippen molar-refractivity contribution in [3.63, 3.8) is 0 Å². The van der Waals surface area contributed by atoms with E-state index in [4.69, 9.17) is 0 Å². The molecule has 1 aromatic rings. The second kappa shape index (κ2) is 9.47. The largest absolute Gasteiger partial charge is 0.508 e. The van der Waals surface area contributed by atoms with Crippen LogP contribution in [0, 0.1) is 35.0 Å². The summed E-state index contributed by atoms with van der Waals surface area (Å²) in [6.07, 6.45) is 11.8. The molecule has 1 saturated heterocycles. The predicted octanol–water partition coefficient (Wildman–Crippen LogP) is 3.76. The third kappa shape index (κ3) is 4.29. The maximum atomic E-state index is 13.8. The molecule has 1 amide bonds. The summed E-state index contributed by atoms with van der Waals surface area (Å²) in [7, 11) is 0. The van der Waals surface area contributed by atoms with E-state index in [-0.39, 0.29) is 42.1 Å². The first-order chi connectivity index (χ1) is 15.8. The fourth-order valence-corrected chi connectivity index (χ4v) is 6.48. The summed E-state index contributed by atoms with van der Waals surface area (Å²) in [5.41, 5.74) is 0.906. The Hall–Kier alpha value is -2.37. The van der Waals surface area contributed by atoms with Crippen molar-refractivity contribution in [1.82, 2.24) is 5.32 Å². The van der Waals surface area contributed by atoms with Crippen LogP contribution < -0.4 is 5.32 Å². The van der Waals surface area contributed by atoms with Crippen LogP contribution in [-0.2, 0) is 11.2 Å². The minimum atomic E-state index is -1.03. The lowest BCUT2D eigenvalue weighted by atomic mass is 9.54. The molecule has 5 nitrogen and oxygen atoms in total. The van der Waals surface area contributed by atoms with Crippen LogP contribution in [0.5, 0.6) is 5.75 Å². The second-order valence-corrected chi connectivity index (χ2v) is 10.4. The van der Waals surface area contributed by atoms with Gasteiger partial charge in [-0.2, -0.15) is 0 Å². The highest BCUT2D eigenvalue weighted by Crippen LogP contribution is 2.56. The predicted molar refractivity (Wildman–Crippen MR) is 129 cm³/mol. The Balaban J connectivity index is 1.82. The van der Waals surface area contributed by atoms with E-state index in [1.165, 1.54) is 0 Å². The number of rotatable bonds is 3. The first kappa shape index (κ1) is 23.8. The molecule has 1 spiro atoms. The summed E-state index contributed by atoms with van der Waals surface area (Å²) in [6.45, 7) is 6.39. The lowest BCUT2D eigenvalue weighted by molar-refractivity contribution is -0.138. The Morgan fingerprint density at radius 3 is 2.52 bits per heavy atom. The third-order valence-electron chi connectivity index (χ3n) is 8.11. The van der Waals surface area contributed by atoms with Crippen molar-refractivity contribution >= 4 is 5.91 Å². The van der Waals surface area contributed by atoms with Crippen LogP contribution >= 0.6 is 0 Å². The smallest absolute Gasteiger partial charge is 0.230 e. The fraction of sp³-hybridized carbons (Fsp3) is 0.536. The number of allylic oxidation sites excluding steroid dienone is 4. The van der Waals surface area contributed by atoms with E-state index >= 15 is 0 Å². The molecule has 4 rings (SSSR count). The number of aliphatic hydroxyl groups is 2. The van der Waals surface area contributed by atoms with Gasteiger partial charge in [0.1, 0.15) is 5.75 Å². The molecule has 0 aromatic heterocycles. The topological polar surface area (TPSA) is 89.8 Å². The van der Waals surface area contributed by atoms with Gasteiger partial charge in [-0.15, -0.1) is 0 Å². The zero-order valence-electron chi connectivity index (χ0n) is 19.8. The SMILES string of the molecule is C[C@H]1C/C=C/[C@H]2C=C(CO)[C@@H](C)[C@H]3[C@H](Cc4ccc(O)cc4)NC(=O)[C@]32[C@H](O)/C=C/[C@@H](C)C1. The van der Waals surface area contributed by atoms with E-state index in [0.29, 0.717) is 18.3 Å². The number of hydrogen-bond donors (Lipinski definition) is 4. The van der Waals surface area contributed by atoms with Crippen LogP contribution in [0.25, 0.3) is 0 Å². The molecule has 1 aliphatic heterocycles. The van der Waals surface area contributed by atoms with Crippen LogP contribution in [0.4, 0.5) is 0 Å². The molecule has 0 saturated carbocycles. The Morgan fingerprint density at radius 1 is 1.09 bits per heavy atom. The zero-order valence-corrected chi connectivity index (χ0v) is 19.8. The minimum Gasteiger partial charge on any atom is -0.508 e. The van der Waals surface area contributed by atoms with E-state index in [1.807, 2.05) is 24.3 Å². The Kier molecular flexibility index (Phi) is 6.83. The van der Waals surface area contributed by atoms with Crippen LogP contribution in [0.2, 0.25) is 0 Å². The van der Waals surface area contributed by atoms with Crippen molar-refractivity contribution in [2.24, 2.45) is 35.0 Å². The van der Waals surface area contributed by atoms with Gasteiger partial charge in [-0.1, -0.05) is 63.3 Å². The Bertz CT molecular complexity index is 949. The van der Waals surface area contributed by atoms with Crippen molar-refractivity contribution in [1.29, 1.82) is 0 Å². The minimum absolute atomic E-state index is 0.0580. The third-order valence-corrected chi connectivity index (χ3v) is 8.11. The molecule has 0 unspecified atom stereocenters. The summed E-state index contributed by atoms with van der Waals surface area (Å²) in [4.78, 5) is 13.8. The van der Waals surface area contributed by atoms with Crippen LogP contribution in [-0.4, -0.2) is 40.0 Å². The van der Waals surface area contributed by atoms with Crippen LogP contribution in [0.1, 0.15) is 39.2 Å². The standard InChI is InChI=1S/C28H37NO4/c1-17-5-4-6-22-15-21(16-30)19(3)26-24(14-20-8-10-23(31)11-9-20)29-27(33)28(22,26)25(32)12-7-18(2)13-17/h4,6-12,15,17-19,22,24-26,30-32H,5,13-14,16H2,1-3H3,(H,29,33)/b6-4+,12-7+/t17-,18+,19+,22-,24-,25+,26-,28+/m0/s1. The highest BCUT2D eigenvalue weighted by atomic mass is 16.3. The van der Waals surface area contributed by atoms with Crippen LogP contribution in [0.3, 0.4) is 0 Å². The van der Waals surface area contributed by atoms with Gasteiger partial charge in [0.25, 0.3) is 0 Å². The maximum Gasteiger partial charge on any atom is 0.230 e. The van der Waals surface area contributed by atoms with Crippen molar-refractivity contribution in [2.75, 3.05) is 6.61 Å². The Morgan fingerprint density at radius 2 is 1.82 bits per heavy atom. The summed E-state index contributed by atoms with van der Waals surface area (Å²) < 4.78 is 0. The number of amides is 1. The van der Waals surface area contributed by atoms with Crippen molar-refractivity contribution in [2.45, 2.75) is 52.2 Å². The van der Waals surface area contributed by atoms with Gasteiger partial charge in [-0.05, 0) is 60.3 Å². The van der Waals surface area contributed by atoms with Crippen molar-refractivity contribution in [3.8, 4) is 5.75 Å². The van der Waals surface area contributed by atoms with Crippen LogP contribution in [0.15, 0.2) is 60.2 Å². The molecule has 1 aromatic carbocycles. The number of benzene rings is 1. The molecule has 3 aliphatic rings. The molecule has 4 N–H and O–H groups in total. The molecule has 1 heterocycles. The average Bonchev–Trinajstić information content (AvgIpc) is 3.07. The lowest BCUT2D eigenvalue weighted by Crippen LogP contribution is -2.54. The molecule has 1 fully saturated rings. The molecule has 178 valence electrons. The van der Waals surface area contributed by atoms with Crippen molar-refractivity contribution < 1.29 is 20.1 Å². The van der Waals surface area contributed by atoms with Gasteiger partial charge in [0.2, 0.25) is 5.91 Å². The zero-order chi connectivity index (χ0) is 23.8. The number of aliphatic hydroxyl groups excluding tert-OH is 2. The molecule has 8 atom stereocenters. The molecule has 0 radical (unpaired) electrons. The summed E-state index contributed by atoms with van der Waals surface area (Å²) in [5.74, 6) is 0.357. The second-order valence-electron chi connectivity index (χ2n) is 10.4. The highest BCUT2D eigenvalue weighted by Gasteiger charge is 2.64. The quantitative estimate of drug-likeness (QED) is 0.527.